The second kappa shape index (κ2) is 12.1. The summed E-state index contributed by atoms with van der Waals surface area (Å²) in [6, 6.07) is 8.75. The third-order valence-electron chi connectivity index (χ3n) is 5.23. The summed E-state index contributed by atoms with van der Waals surface area (Å²) in [5, 5.41) is 3.79. The summed E-state index contributed by atoms with van der Waals surface area (Å²) in [6.45, 7) is 5.09. The minimum atomic E-state index is -3.85. The number of nitrogens with zero attached hydrogens (tertiary/aromatic N) is 2. The predicted molar refractivity (Wildman–Crippen MR) is 138 cm³/mol. The smallest absolute Gasteiger partial charge is 0.244 e. The van der Waals surface area contributed by atoms with E-state index < -0.39 is 28.5 Å². The number of aryl methyl sites for hydroxylation is 1. The standard InChI is InChI=1S/C23H28Cl3N3O4S/c1-5-11-27-23(31)16(3)28(13-18-19(24)7-6-8-20(18)25)22(30)14-29(34(4,32)33)17-10-9-15(2)21(26)12-17/h6-10,12,16H,5,11,13-14H2,1-4H3,(H,27,31)/t16-/m0/s1. The van der Waals surface area contributed by atoms with Gasteiger partial charge in [0.15, 0.2) is 0 Å². The van der Waals surface area contributed by atoms with Crippen LogP contribution in [0, 0.1) is 6.92 Å². The van der Waals surface area contributed by atoms with Crippen molar-refractivity contribution < 1.29 is 18.0 Å². The van der Waals surface area contributed by atoms with Gasteiger partial charge in [-0.3, -0.25) is 13.9 Å². The van der Waals surface area contributed by atoms with E-state index in [-0.39, 0.29) is 18.1 Å². The lowest BCUT2D eigenvalue weighted by Gasteiger charge is -2.32. The van der Waals surface area contributed by atoms with Gasteiger partial charge in [-0.1, -0.05) is 53.9 Å². The molecule has 0 aliphatic rings. The van der Waals surface area contributed by atoms with Crippen molar-refractivity contribution in [2.75, 3.05) is 23.7 Å². The molecule has 0 radical (unpaired) electrons. The van der Waals surface area contributed by atoms with Crippen LogP contribution in [0.5, 0.6) is 0 Å². The summed E-state index contributed by atoms with van der Waals surface area (Å²) in [5.74, 6) is -0.972. The maximum absolute atomic E-state index is 13.5. The number of amides is 2. The van der Waals surface area contributed by atoms with Crippen molar-refractivity contribution in [2.24, 2.45) is 0 Å². The van der Waals surface area contributed by atoms with E-state index in [9.17, 15) is 18.0 Å². The topological polar surface area (TPSA) is 86.8 Å². The Morgan fingerprint density at radius 1 is 1.06 bits per heavy atom. The fraction of sp³-hybridized carbons (Fsp3) is 0.391. The molecule has 2 rings (SSSR count). The molecule has 0 bridgehead atoms. The van der Waals surface area contributed by atoms with Crippen LogP contribution in [0.3, 0.4) is 0 Å². The molecule has 34 heavy (non-hydrogen) atoms. The van der Waals surface area contributed by atoms with Gasteiger partial charge in [0.1, 0.15) is 12.6 Å². The zero-order valence-electron chi connectivity index (χ0n) is 19.4. The SMILES string of the molecule is CCCNC(=O)[C@H](C)N(Cc1c(Cl)cccc1Cl)C(=O)CN(c1ccc(C)c(Cl)c1)S(C)(=O)=O. The van der Waals surface area contributed by atoms with Crippen LogP contribution in [-0.4, -0.2) is 50.5 Å². The first-order valence-corrected chi connectivity index (χ1v) is 13.6. The van der Waals surface area contributed by atoms with E-state index in [1.165, 1.54) is 11.0 Å². The summed E-state index contributed by atoms with van der Waals surface area (Å²) in [7, 11) is -3.85. The third-order valence-corrected chi connectivity index (χ3v) is 7.49. The Balaban J connectivity index is 2.45. The molecule has 0 aromatic heterocycles. The van der Waals surface area contributed by atoms with Gasteiger partial charge in [0, 0.05) is 33.7 Å². The van der Waals surface area contributed by atoms with Crippen LogP contribution in [0.2, 0.25) is 15.1 Å². The Morgan fingerprint density at radius 2 is 1.68 bits per heavy atom. The van der Waals surface area contributed by atoms with E-state index in [1.54, 1.807) is 44.2 Å². The molecule has 1 atom stereocenters. The summed E-state index contributed by atoms with van der Waals surface area (Å²) < 4.78 is 26.1. The lowest BCUT2D eigenvalue weighted by molar-refractivity contribution is -0.139. The highest BCUT2D eigenvalue weighted by Gasteiger charge is 2.31. The fourth-order valence-corrected chi connectivity index (χ4v) is 4.72. The Kier molecular flexibility index (Phi) is 10.1. The van der Waals surface area contributed by atoms with Gasteiger partial charge in [0.05, 0.1) is 11.9 Å². The van der Waals surface area contributed by atoms with Crippen molar-refractivity contribution >= 4 is 62.3 Å². The molecule has 0 aliphatic carbocycles. The number of carbonyl (C=O) groups is 2. The number of hydrogen-bond acceptors (Lipinski definition) is 4. The molecule has 2 aromatic carbocycles. The first-order chi connectivity index (χ1) is 15.9. The second-order valence-electron chi connectivity index (χ2n) is 7.89. The number of anilines is 1. The number of hydrogen-bond donors (Lipinski definition) is 1. The Morgan fingerprint density at radius 3 is 2.21 bits per heavy atom. The van der Waals surface area contributed by atoms with Gasteiger partial charge < -0.3 is 10.2 Å². The summed E-state index contributed by atoms with van der Waals surface area (Å²) >= 11 is 18.8. The van der Waals surface area contributed by atoms with Crippen LogP contribution in [0.1, 0.15) is 31.4 Å². The average molecular weight is 549 g/mol. The van der Waals surface area contributed by atoms with E-state index >= 15 is 0 Å². The second-order valence-corrected chi connectivity index (χ2v) is 11.0. The van der Waals surface area contributed by atoms with Gasteiger partial charge in [0.25, 0.3) is 0 Å². The predicted octanol–water partition coefficient (Wildman–Crippen LogP) is 4.66. The third kappa shape index (κ3) is 7.25. The number of rotatable bonds is 10. The van der Waals surface area contributed by atoms with Crippen molar-refractivity contribution in [1.82, 2.24) is 10.2 Å². The fourth-order valence-electron chi connectivity index (χ4n) is 3.18. The molecule has 2 amide bonds. The maximum atomic E-state index is 13.5. The number of benzene rings is 2. The number of halogens is 3. The van der Waals surface area contributed by atoms with Crippen LogP contribution < -0.4 is 9.62 Å². The van der Waals surface area contributed by atoms with E-state index in [0.29, 0.717) is 27.2 Å². The Bertz CT molecular complexity index is 1140. The zero-order chi connectivity index (χ0) is 25.6. The maximum Gasteiger partial charge on any atom is 0.244 e. The minimum Gasteiger partial charge on any atom is -0.354 e. The number of nitrogens with one attached hydrogen (secondary N) is 1. The highest BCUT2D eigenvalue weighted by Crippen LogP contribution is 2.28. The molecule has 7 nitrogen and oxygen atoms in total. The van der Waals surface area contributed by atoms with Gasteiger partial charge >= 0.3 is 0 Å². The summed E-state index contributed by atoms with van der Waals surface area (Å²) in [4.78, 5) is 27.5. The number of sulfonamides is 1. The van der Waals surface area contributed by atoms with E-state index in [1.807, 2.05) is 6.92 Å². The van der Waals surface area contributed by atoms with Crippen molar-refractivity contribution in [3.63, 3.8) is 0 Å². The van der Waals surface area contributed by atoms with Crippen molar-refractivity contribution in [3.05, 3.63) is 62.6 Å². The van der Waals surface area contributed by atoms with Gasteiger partial charge in [-0.15, -0.1) is 0 Å². The molecule has 0 aliphatic heterocycles. The van der Waals surface area contributed by atoms with Crippen LogP contribution in [0.25, 0.3) is 0 Å². The first-order valence-electron chi connectivity index (χ1n) is 10.6. The van der Waals surface area contributed by atoms with E-state index in [0.717, 1.165) is 22.5 Å². The van der Waals surface area contributed by atoms with Crippen molar-refractivity contribution in [2.45, 2.75) is 39.8 Å². The number of carbonyl (C=O) groups excluding carboxylic acids is 2. The molecule has 0 unspecified atom stereocenters. The van der Waals surface area contributed by atoms with Crippen molar-refractivity contribution in [3.8, 4) is 0 Å². The molecule has 1 N–H and O–H groups in total. The molecule has 0 saturated heterocycles. The zero-order valence-corrected chi connectivity index (χ0v) is 22.5. The Hall–Kier alpha value is -2.00. The van der Waals surface area contributed by atoms with Gasteiger partial charge in [-0.25, -0.2) is 8.42 Å². The minimum absolute atomic E-state index is 0.0791. The van der Waals surface area contributed by atoms with Crippen LogP contribution >= 0.6 is 34.8 Å². The normalized spacial score (nSPS) is 12.2. The molecule has 186 valence electrons. The summed E-state index contributed by atoms with van der Waals surface area (Å²) in [6.07, 6.45) is 1.72. The van der Waals surface area contributed by atoms with Gasteiger partial charge in [-0.05, 0) is 50.1 Å². The molecule has 0 fully saturated rings. The molecule has 11 heteroatoms. The largest absolute Gasteiger partial charge is 0.354 e. The van der Waals surface area contributed by atoms with Crippen LogP contribution in [0.15, 0.2) is 36.4 Å². The van der Waals surface area contributed by atoms with E-state index in [2.05, 4.69) is 5.32 Å². The average Bonchev–Trinajstić information content (AvgIpc) is 2.76. The van der Waals surface area contributed by atoms with Crippen LogP contribution in [-0.2, 0) is 26.2 Å². The van der Waals surface area contributed by atoms with Gasteiger partial charge in [-0.2, -0.15) is 0 Å². The van der Waals surface area contributed by atoms with Crippen molar-refractivity contribution in [1.29, 1.82) is 0 Å². The highest BCUT2D eigenvalue weighted by molar-refractivity contribution is 7.92. The summed E-state index contributed by atoms with van der Waals surface area (Å²) in [5.41, 5.74) is 1.46. The molecule has 2 aromatic rings. The lowest BCUT2D eigenvalue weighted by atomic mass is 10.1. The Labute approximate surface area is 216 Å². The lowest BCUT2D eigenvalue weighted by Crippen LogP contribution is -2.51. The molecular weight excluding hydrogens is 521 g/mol. The first kappa shape index (κ1) is 28.2. The molecular formula is C23H28Cl3N3O4S. The molecule has 0 spiro atoms. The quantitative estimate of drug-likeness (QED) is 0.468. The van der Waals surface area contributed by atoms with Crippen LogP contribution in [0.4, 0.5) is 5.69 Å². The molecule has 0 saturated carbocycles. The highest BCUT2D eigenvalue weighted by atomic mass is 35.5. The van der Waals surface area contributed by atoms with Gasteiger partial charge in [0.2, 0.25) is 21.8 Å². The monoisotopic (exact) mass is 547 g/mol. The van der Waals surface area contributed by atoms with E-state index in [4.69, 9.17) is 34.8 Å². The molecule has 0 heterocycles.